The summed E-state index contributed by atoms with van der Waals surface area (Å²) in [6, 6.07) is 16.7. The van der Waals surface area contributed by atoms with Gasteiger partial charge in [-0.25, -0.2) is 4.79 Å². The van der Waals surface area contributed by atoms with Crippen LogP contribution in [0.25, 0.3) is 0 Å². The maximum absolute atomic E-state index is 12.5. The van der Waals surface area contributed by atoms with E-state index in [1.807, 2.05) is 37.3 Å². The van der Waals surface area contributed by atoms with Crippen LogP contribution in [0.5, 0.6) is 5.75 Å². The van der Waals surface area contributed by atoms with Gasteiger partial charge in [-0.1, -0.05) is 49.4 Å². The Balaban J connectivity index is 2.13. The Bertz CT molecular complexity index is 724. The molecule has 0 aliphatic rings. The van der Waals surface area contributed by atoms with Crippen molar-refractivity contribution >= 4 is 11.8 Å². The minimum atomic E-state index is -1.51. The summed E-state index contributed by atoms with van der Waals surface area (Å²) in [7, 11) is 0. The second-order valence-electron chi connectivity index (χ2n) is 6.23. The summed E-state index contributed by atoms with van der Waals surface area (Å²) in [6.45, 7) is 4.12. The van der Waals surface area contributed by atoms with Crippen LogP contribution < -0.4 is 4.74 Å². The zero-order valence-electron chi connectivity index (χ0n) is 15.8. The molecule has 0 bridgehead atoms. The Labute approximate surface area is 159 Å². The molecule has 2 aromatic carbocycles. The highest BCUT2D eigenvalue weighted by Gasteiger charge is 2.33. The maximum Gasteiger partial charge on any atom is 0.336 e. The lowest BCUT2D eigenvalue weighted by molar-refractivity contribution is -0.156. The summed E-state index contributed by atoms with van der Waals surface area (Å²) >= 11 is 0. The van der Waals surface area contributed by atoms with Crippen LogP contribution in [0.3, 0.4) is 0 Å². The molecule has 1 N–H and O–H groups in total. The molecule has 144 valence electrons. The van der Waals surface area contributed by atoms with Crippen molar-refractivity contribution in [1.82, 2.24) is 0 Å². The lowest BCUT2D eigenvalue weighted by Gasteiger charge is -2.21. The topological polar surface area (TPSA) is 72.8 Å². The average molecular weight is 370 g/mol. The standard InChI is InChI=1S/C22H26O5/c1-3-8-19(23)20(21(24)22(25)26-4-2)17-11-13-18(14-12-17)27-15-16-9-6-5-7-10-16/h5-7,9-14,20-21,24H,3-4,8,15H2,1-2H3. The van der Waals surface area contributed by atoms with Crippen molar-refractivity contribution in [1.29, 1.82) is 0 Å². The summed E-state index contributed by atoms with van der Waals surface area (Å²) in [5.74, 6) is -1.26. The number of benzene rings is 2. The van der Waals surface area contributed by atoms with E-state index in [1.54, 1.807) is 31.2 Å². The van der Waals surface area contributed by atoms with Crippen LogP contribution >= 0.6 is 0 Å². The number of hydrogen-bond donors (Lipinski definition) is 1. The van der Waals surface area contributed by atoms with E-state index in [1.165, 1.54) is 0 Å². The van der Waals surface area contributed by atoms with Crippen LogP contribution in [-0.4, -0.2) is 29.6 Å². The minimum Gasteiger partial charge on any atom is -0.489 e. The third-order valence-corrected chi connectivity index (χ3v) is 4.17. The maximum atomic E-state index is 12.5. The van der Waals surface area contributed by atoms with Crippen molar-refractivity contribution in [2.75, 3.05) is 6.61 Å². The van der Waals surface area contributed by atoms with Gasteiger partial charge < -0.3 is 14.6 Å². The van der Waals surface area contributed by atoms with Gasteiger partial charge in [-0.3, -0.25) is 4.79 Å². The fraction of sp³-hybridized carbons (Fsp3) is 0.364. The number of ketones is 1. The molecule has 2 aromatic rings. The predicted molar refractivity (Wildman–Crippen MR) is 103 cm³/mol. The van der Waals surface area contributed by atoms with E-state index < -0.39 is 18.0 Å². The molecule has 0 heterocycles. The number of aliphatic hydroxyl groups excluding tert-OH is 1. The first-order valence-electron chi connectivity index (χ1n) is 9.20. The molecule has 0 spiro atoms. The van der Waals surface area contributed by atoms with Crippen molar-refractivity contribution in [2.24, 2.45) is 0 Å². The minimum absolute atomic E-state index is 0.150. The van der Waals surface area contributed by atoms with Gasteiger partial charge in [-0.15, -0.1) is 0 Å². The van der Waals surface area contributed by atoms with E-state index >= 15 is 0 Å². The van der Waals surface area contributed by atoms with Gasteiger partial charge in [0.15, 0.2) is 6.10 Å². The van der Waals surface area contributed by atoms with Gasteiger partial charge in [0.1, 0.15) is 18.1 Å². The first-order valence-corrected chi connectivity index (χ1v) is 9.20. The summed E-state index contributed by atoms with van der Waals surface area (Å²) in [5.41, 5.74) is 1.62. The lowest BCUT2D eigenvalue weighted by atomic mass is 9.87. The predicted octanol–water partition coefficient (Wildman–Crippen LogP) is 3.64. The number of esters is 1. The molecule has 27 heavy (non-hydrogen) atoms. The van der Waals surface area contributed by atoms with E-state index in [0.29, 0.717) is 24.3 Å². The second-order valence-corrected chi connectivity index (χ2v) is 6.23. The van der Waals surface area contributed by atoms with Gasteiger partial charge in [0, 0.05) is 6.42 Å². The monoisotopic (exact) mass is 370 g/mol. The number of Topliss-reactive ketones (excluding diaryl/α,β-unsaturated/α-hetero) is 1. The van der Waals surface area contributed by atoms with Crippen LogP contribution in [0, 0.1) is 0 Å². The molecule has 0 aliphatic carbocycles. The fourth-order valence-electron chi connectivity index (χ4n) is 2.82. The molecular formula is C22H26O5. The zero-order chi connectivity index (χ0) is 19.6. The molecule has 0 radical (unpaired) electrons. The smallest absolute Gasteiger partial charge is 0.336 e. The largest absolute Gasteiger partial charge is 0.489 e. The van der Waals surface area contributed by atoms with E-state index in [2.05, 4.69) is 0 Å². The first-order chi connectivity index (χ1) is 13.1. The van der Waals surface area contributed by atoms with Crippen molar-refractivity contribution < 1.29 is 24.2 Å². The number of hydrogen-bond acceptors (Lipinski definition) is 5. The molecular weight excluding hydrogens is 344 g/mol. The number of ether oxygens (including phenoxy) is 2. The number of rotatable bonds is 10. The van der Waals surface area contributed by atoms with Gasteiger partial charge in [-0.2, -0.15) is 0 Å². The average Bonchev–Trinajstić information content (AvgIpc) is 2.68. The first kappa shape index (κ1) is 20.6. The fourth-order valence-corrected chi connectivity index (χ4v) is 2.82. The number of aliphatic hydroxyl groups is 1. The zero-order valence-corrected chi connectivity index (χ0v) is 15.8. The summed E-state index contributed by atoms with van der Waals surface area (Å²) in [4.78, 5) is 24.4. The molecule has 5 heteroatoms. The van der Waals surface area contributed by atoms with Gasteiger partial charge in [0.25, 0.3) is 0 Å². The third kappa shape index (κ3) is 5.93. The SMILES string of the molecule is CCCC(=O)C(c1ccc(OCc2ccccc2)cc1)C(O)C(=O)OCC. The highest BCUT2D eigenvalue weighted by Crippen LogP contribution is 2.26. The molecule has 0 aromatic heterocycles. The van der Waals surface area contributed by atoms with Gasteiger partial charge in [-0.05, 0) is 36.6 Å². The molecule has 0 saturated heterocycles. The Hall–Kier alpha value is -2.66. The van der Waals surface area contributed by atoms with Crippen LogP contribution in [0.4, 0.5) is 0 Å². The van der Waals surface area contributed by atoms with Crippen molar-refractivity contribution in [3.05, 3.63) is 65.7 Å². The Morgan fingerprint density at radius 3 is 2.26 bits per heavy atom. The third-order valence-electron chi connectivity index (χ3n) is 4.17. The van der Waals surface area contributed by atoms with E-state index in [-0.39, 0.29) is 18.8 Å². The summed E-state index contributed by atoms with van der Waals surface area (Å²) in [6.07, 6.45) is -0.587. The second kappa shape index (κ2) is 10.5. The van der Waals surface area contributed by atoms with Crippen molar-refractivity contribution in [3.8, 4) is 5.75 Å². The summed E-state index contributed by atoms with van der Waals surface area (Å²) < 4.78 is 10.6. The molecule has 2 rings (SSSR count). The molecule has 5 nitrogen and oxygen atoms in total. The molecule has 0 amide bonds. The normalized spacial score (nSPS) is 12.9. The van der Waals surface area contributed by atoms with Gasteiger partial charge >= 0.3 is 5.97 Å². The van der Waals surface area contributed by atoms with Crippen LogP contribution in [0.15, 0.2) is 54.6 Å². The highest BCUT2D eigenvalue weighted by molar-refractivity contribution is 5.92. The number of carbonyl (C=O) groups is 2. The quantitative estimate of drug-likeness (QED) is 0.647. The van der Waals surface area contributed by atoms with E-state index in [4.69, 9.17) is 9.47 Å². The highest BCUT2D eigenvalue weighted by atomic mass is 16.5. The van der Waals surface area contributed by atoms with Gasteiger partial charge in [0.05, 0.1) is 12.5 Å². The van der Waals surface area contributed by atoms with Crippen LogP contribution in [0.2, 0.25) is 0 Å². The molecule has 0 aliphatic heterocycles. The molecule has 2 unspecified atom stereocenters. The van der Waals surface area contributed by atoms with Crippen LogP contribution in [-0.2, 0) is 20.9 Å². The number of carbonyl (C=O) groups excluding carboxylic acids is 2. The van der Waals surface area contributed by atoms with E-state index in [9.17, 15) is 14.7 Å². The molecule has 2 atom stereocenters. The Morgan fingerprint density at radius 2 is 1.67 bits per heavy atom. The van der Waals surface area contributed by atoms with Crippen molar-refractivity contribution in [3.63, 3.8) is 0 Å². The molecule has 0 fully saturated rings. The Morgan fingerprint density at radius 1 is 1.00 bits per heavy atom. The van der Waals surface area contributed by atoms with Crippen LogP contribution in [0.1, 0.15) is 43.7 Å². The Kier molecular flexibility index (Phi) is 8.01. The lowest BCUT2D eigenvalue weighted by Crippen LogP contribution is -2.34. The van der Waals surface area contributed by atoms with Gasteiger partial charge in [0.2, 0.25) is 0 Å². The summed E-state index contributed by atoms with van der Waals surface area (Å²) in [5, 5.41) is 10.4. The molecule has 0 saturated carbocycles. The van der Waals surface area contributed by atoms with E-state index in [0.717, 1.165) is 5.56 Å². The van der Waals surface area contributed by atoms with Crippen molar-refractivity contribution in [2.45, 2.75) is 45.3 Å².